The summed E-state index contributed by atoms with van der Waals surface area (Å²) in [6.07, 6.45) is 0. The molecule has 0 unspecified atom stereocenters. The summed E-state index contributed by atoms with van der Waals surface area (Å²) in [7, 11) is 0. The van der Waals surface area contributed by atoms with Gasteiger partial charge in [0, 0.05) is 58.1 Å². The summed E-state index contributed by atoms with van der Waals surface area (Å²) in [4.78, 5) is 20.8. The van der Waals surface area contributed by atoms with Gasteiger partial charge in [-0.05, 0) is 29.3 Å². The Bertz CT molecular complexity index is 3170. The van der Waals surface area contributed by atoms with E-state index in [1.54, 1.807) is 11.3 Å². The Morgan fingerprint density at radius 1 is 0.339 bits per heavy atom. The summed E-state index contributed by atoms with van der Waals surface area (Å²) in [6.45, 7) is 0. The van der Waals surface area contributed by atoms with Crippen molar-refractivity contribution in [3.63, 3.8) is 0 Å². The third-order valence-corrected chi connectivity index (χ3v) is 12.7. The number of nitrogens with zero attached hydrogens (tertiary/aromatic N) is 4. The molecule has 6 heteroatoms. The second-order valence-corrected chi connectivity index (χ2v) is 15.9. The Morgan fingerprint density at radius 3 is 1.61 bits per heavy atom. The Morgan fingerprint density at radius 2 is 0.893 bits per heavy atom. The first kappa shape index (κ1) is 32.6. The molecule has 0 amide bonds. The van der Waals surface area contributed by atoms with Crippen LogP contribution < -0.4 is 0 Å². The molecule has 0 fully saturated rings. The van der Waals surface area contributed by atoms with E-state index in [9.17, 15) is 0 Å². The minimum atomic E-state index is 0.718. The number of rotatable bonds is 6. The third kappa shape index (κ3) is 5.58. The Kier molecular flexibility index (Phi) is 7.83. The van der Waals surface area contributed by atoms with Crippen LogP contribution >= 0.6 is 22.7 Å². The van der Waals surface area contributed by atoms with Crippen molar-refractivity contribution < 1.29 is 0 Å². The highest BCUT2D eigenvalue weighted by Gasteiger charge is 2.19. The molecule has 0 aliphatic rings. The van der Waals surface area contributed by atoms with Gasteiger partial charge < -0.3 is 0 Å². The average Bonchev–Trinajstić information content (AvgIpc) is 3.86. The fraction of sp³-hybridized carbons (Fsp3) is 0. The molecule has 4 aromatic heterocycles. The first-order valence-electron chi connectivity index (χ1n) is 18.6. The molecule has 0 saturated carbocycles. The van der Waals surface area contributed by atoms with Crippen LogP contribution in [0.2, 0.25) is 0 Å². The van der Waals surface area contributed by atoms with Crippen molar-refractivity contribution in [1.29, 1.82) is 0 Å². The van der Waals surface area contributed by atoms with Crippen LogP contribution in [0.3, 0.4) is 0 Å². The van der Waals surface area contributed by atoms with Crippen LogP contribution in [0.4, 0.5) is 0 Å². The number of aromatic nitrogens is 4. The van der Waals surface area contributed by atoms with Crippen LogP contribution in [-0.2, 0) is 0 Å². The van der Waals surface area contributed by atoms with E-state index in [4.69, 9.17) is 19.9 Å². The fourth-order valence-electron chi connectivity index (χ4n) is 7.65. The quantitative estimate of drug-likeness (QED) is 0.170. The van der Waals surface area contributed by atoms with Crippen molar-refractivity contribution in [2.24, 2.45) is 0 Å². The number of fused-ring (bicyclic) bond motifs is 6. The summed E-state index contributed by atoms with van der Waals surface area (Å²) in [5.74, 6) is 1.44. The van der Waals surface area contributed by atoms with Crippen molar-refractivity contribution >= 4 is 63.1 Å². The van der Waals surface area contributed by atoms with Gasteiger partial charge in [-0.2, -0.15) is 0 Å². The zero-order chi connectivity index (χ0) is 37.0. The molecule has 4 heterocycles. The SMILES string of the molecule is c1ccc(-c2cc(-c3ccccc3)nc(-c3cccc4sc5c(-c6ccc(-c7nc(-c8ccccc8)c8sc9ccccc9c8n7)cc6)cccc5c34)n2)cc1. The molecule has 0 saturated heterocycles. The summed E-state index contributed by atoms with van der Waals surface area (Å²) in [6, 6.07) is 63.6. The van der Waals surface area contributed by atoms with Crippen molar-refractivity contribution in [1.82, 2.24) is 19.9 Å². The maximum absolute atomic E-state index is 5.20. The van der Waals surface area contributed by atoms with Gasteiger partial charge in [0.05, 0.1) is 27.3 Å². The van der Waals surface area contributed by atoms with Crippen LogP contribution in [0.15, 0.2) is 182 Å². The lowest BCUT2D eigenvalue weighted by molar-refractivity contribution is 1.19. The predicted molar refractivity (Wildman–Crippen MR) is 236 cm³/mol. The monoisotopic (exact) mass is 750 g/mol. The number of hydrogen-bond acceptors (Lipinski definition) is 6. The molecule has 0 aliphatic heterocycles. The molecule has 4 nitrogen and oxygen atoms in total. The Hall–Kier alpha value is -6.86. The smallest absolute Gasteiger partial charge is 0.161 e. The van der Waals surface area contributed by atoms with Crippen LogP contribution in [0.1, 0.15) is 0 Å². The van der Waals surface area contributed by atoms with Crippen molar-refractivity contribution in [2.75, 3.05) is 0 Å². The van der Waals surface area contributed by atoms with Gasteiger partial charge in [-0.25, -0.2) is 19.9 Å². The molecule has 0 aliphatic carbocycles. The molecule has 0 radical (unpaired) electrons. The molecular weight excluding hydrogens is 721 g/mol. The number of benzene rings is 7. The average molecular weight is 751 g/mol. The van der Waals surface area contributed by atoms with E-state index < -0.39 is 0 Å². The standard InChI is InChI=1S/C50H30N4S2/c1-4-14-32(15-5-1)40-30-41(33-16-6-2-7-17-33)52-50(51-40)39-23-13-25-43-44(39)38-22-12-21-36(47(38)56-43)31-26-28-35(29-27-31)49-53-45(34-18-8-3-9-19-34)48-46(54-49)37-20-10-11-24-42(37)55-48/h1-30H. The predicted octanol–water partition coefficient (Wildman–Crippen LogP) is 14.0. The third-order valence-electron chi connectivity index (χ3n) is 10.3. The Balaban J connectivity index is 1.03. The first-order chi connectivity index (χ1) is 27.7. The zero-order valence-corrected chi connectivity index (χ0v) is 31.6. The lowest BCUT2D eigenvalue weighted by Crippen LogP contribution is -1.96. The van der Waals surface area contributed by atoms with Crippen LogP contribution in [0.5, 0.6) is 0 Å². The second-order valence-electron chi connectivity index (χ2n) is 13.8. The van der Waals surface area contributed by atoms with Gasteiger partial charge in [0.25, 0.3) is 0 Å². The van der Waals surface area contributed by atoms with Gasteiger partial charge in [-0.3, -0.25) is 0 Å². The van der Waals surface area contributed by atoms with Gasteiger partial charge in [-0.1, -0.05) is 164 Å². The molecule has 0 N–H and O–H groups in total. The maximum Gasteiger partial charge on any atom is 0.161 e. The van der Waals surface area contributed by atoms with Gasteiger partial charge in [0.2, 0.25) is 0 Å². The van der Waals surface area contributed by atoms with Gasteiger partial charge >= 0.3 is 0 Å². The van der Waals surface area contributed by atoms with E-state index in [1.165, 1.54) is 30.4 Å². The zero-order valence-electron chi connectivity index (χ0n) is 29.9. The van der Waals surface area contributed by atoms with E-state index in [0.717, 1.165) is 77.7 Å². The molecule has 11 aromatic rings. The summed E-state index contributed by atoms with van der Waals surface area (Å²) < 4.78 is 4.77. The van der Waals surface area contributed by atoms with Crippen molar-refractivity contribution in [3.8, 4) is 67.7 Å². The van der Waals surface area contributed by atoms with Crippen LogP contribution in [-0.4, -0.2) is 19.9 Å². The van der Waals surface area contributed by atoms with E-state index in [2.05, 4.69) is 164 Å². The number of hydrogen-bond donors (Lipinski definition) is 0. The van der Waals surface area contributed by atoms with E-state index in [1.807, 2.05) is 29.5 Å². The molecule has 11 rings (SSSR count). The minimum Gasteiger partial charge on any atom is -0.228 e. The molecule has 0 spiro atoms. The summed E-state index contributed by atoms with van der Waals surface area (Å²) in [5, 5.41) is 3.53. The Labute approximate surface area is 331 Å². The largest absolute Gasteiger partial charge is 0.228 e. The van der Waals surface area contributed by atoms with E-state index in [-0.39, 0.29) is 0 Å². The normalized spacial score (nSPS) is 11.6. The van der Waals surface area contributed by atoms with Crippen LogP contribution in [0.25, 0.3) is 108 Å². The van der Waals surface area contributed by atoms with Gasteiger partial charge in [-0.15, -0.1) is 22.7 Å². The highest BCUT2D eigenvalue weighted by molar-refractivity contribution is 7.26. The lowest BCUT2D eigenvalue weighted by atomic mass is 9.99. The molecular formula is C50H30N4S2. The highest BCUT2D eigenvalue weighted by Crippen LogP contribution is 2.44. The van der Waals surface area contributed by atoms with Gasteiger partial charge in [0.15, 0.2) is 11.6 Å². The molecule has 7 aromatic carbocycles. The van der Waals surface area contributed by atoms with E-state index >= 15 is 0 Å². The first-order valence-corrected chi connectivity index (χ1v) is 20.2. The minimum absolute atomic E-state index is 0.718. The summed E-state index contributed by atoms with van der Waals surface area (Å²) in [5.41, 5.74) is 11.3. The number of thiophene rings is 2. The lowest BCUT2D eigenvalue weighted by Gasteiger charge is -2.10. The van der Waals surface area contributed by atoms with E-state index in [0.29, 0.717) is 0 Å². The molecule has 262 valence electrons. The fourth-order valence-corrected chi connectivity index (χ4v) is 10.1. The second kappa shape index (κ2) is 13.5. The molecule has 0 bridgehead atoms. The topological polar surface area (TPSA) is 51.6 Å². The summed E-state index contributed by atoms with van der Waals surface area (Å²) >= 11 is 3.57. The molecule has 0 atom stereocenters. The maximum atomic E-state index is 5.20. The highest BCUT2D eigenvalue weighted by atomic mass is 32.1. The van der Waals surface area contributed by atoms with Crippen molar-refractivity contribution in [3.05, 3.63) is 182 Å². The van der Waals surface area contributed by atoms with Crippen LogP contribution in [0, 0.1) is 0 Å². The molecule has 56 heavy (non-hydrogen) atoms. The van der Waals surface area contributed by atoms with Crippen molar-refractivity contribution in [2.45, 2.75) is 0 Å². The van der Waals surface area contributed by atoms with Gasteiger partial charge in [0.1, 0.15) is 0 Å².